The van der Waals surface area contributed by atoms with Gasteiger partial charge in [-0.2, -0.15) is 13.2 Å². The average Bonchev–Trinajstić information content (AvgIpc) is 2.68. The molecule has 2 rings (SSSR count). The third-order valence-corrected chi connectivity index (χ3v) is 3.67. The molecule has 0 saturated carbocycles. The molecule has 17 heavy (non-hydrogen) atoms. The molecule has 5 heteroatoms. The lowest BCUT2D eigenvalue weighted by Crippen LogP contribution is -2.09. The van der Waals surface area contributed by atoms with Crippen LogP contribution < -0.4 is 5.32 Å². The first kappa shape index (κ1) is 12.4. The van der Waals surface area contributed by atoms with Crippen LogP contribution in [0.1, 0.15) is 10.4 Å². The summed E-state index contributed by atoms with van der Waals surface area (Å²) in [5.41, 5.74) is 1.06. The van der Waals surface area contributed by atoms with Crippen molar-refractivity contribution in [3.63, 3.8) is 0 Å². The third kappa shape index (κ3) is 2.79. The van der Waals surface area contributed by atoms with Crippen molar-refractivity contribution in [2.24, 2.45) is 0 Å². The van der Waals surface area contributed by atoms with E-state index in [9.17, 15) is 13.2 Å². The van der Waals surface area contributed by atoms with E-state index in [0.717, 1.165) is 29.9 Å². The van der Waals surface area contributed by atoms with E-state index in [1.165, 1.54) is 6.07 Å². The number of fused-ring (bicyclic) bond motifs is 1. The van der Waals surface area contributed by atoms with Gasteiger partial charge in [-0.3, -0.25) is 0 Å². The molecule has 0 aliphatic rings. The second-order valence-electron chi connectivity index (χ2n) is 3.83. The van der Waals surface area contributed by atoms with Gasteiger partial charge in [-0.1, -0.05) is 12.1 Å². The number of hydrogen-bond acceptors (Lipinski definition) is 2. The Labute approximate surface area is 101 Å². The highest BCUT2D eigenvalue weighted by atomic mass is 32.1. The van der Waals surface area contributed by atoms with Crippen molar-refractivity contribution in [3.05, 3.63) is 34.7 Å². The molecule has 0 radical (unpaired) electrons. The van der Waals surface area contributed by atoms with E-state index in [2.05, 4.69) is 5.32 Å². The number of alkyl halides is 3. The molecule has 1 aromatic carbocycles. The Balaban J connectivity index is 2.34. The van der Waals surface area contributed by atoms with Gasteiger partial charge in [0.05, 0.1) is 0 Å². The molecule has 1 aromatic heterocycles. The Morgan fingerprint density at radius 2 is 2.00 bits per heavy atom. The second kappa shape index (κ2) is 4.66. The number of benzene rings is 1. The Kier molecular flexibility index (Phi) is 3.40. The second-order valence-corrected chi connectivity index (χ2v) is 4.92. The van der Waals surface area contributed by atoms with Gasteiger partial charge in [-0.25, -0.2) is 0 Å². The van der Waals surface area contributed by atoms with Crippen LogP contribution in [-0.2, 0) is 12.6 Å². The molecule has 0 unspecified atom stereocenters. The van der Waals surface area contributed by atoms with Gasteiger partial charge in [0.2, 0.25) is 0 Å². The van der Waals surface area contributed by atoms with Gasteiger partial charge in [0, 0.05) is 4.70 Å². The van der Waals surface area contributed by atoms with Gasteiger partial charge in [-0.05, 0) is 43.1 Å². The summed E-state index contributed by atoms with van der Waals surface area (Å²) in [4.78, 5) is -0.529. The predicted octanol–water partition coefficient (Wildman–Crippen LogP) is 3.68. The summed E-state index contributed by atoms with van der Waals surface area (Å²) < 4.78 is 38.3. The molecule has 0 amide bonds. The fraction of sp³-hybridized carbons (Fsp3) is 0.333. The standard InChI is InChI=1S/C12H12F3NS/c1-16-5-4-8-2-3-9-7-11(12(13,14)15)17-10(9)6-8/h2-3,6-7,16H,4-5H2,1H3. The summed E-state index contributed by atoms with van der Waals surface area (Å²) in [5.74, 6) is 0. The smallest absolute Gasteiger partial charge is 0.319 e. The number of thiophene rings is 1. The molecule has 1 nitrogen and oxygen atoms in total. The molecular formula is C12H12F3NS. The zero-order chi connectivity index (χ0) is 12.5. The van der Waals surface area contributed by atoms with E-state index in [0.29, 0.717) is 10.1 Å². The van der Waals surface area contributed by atoms with Crippen molar-refractivity contribution in [1.29, 1.82) is 0 Å². The highest BCUT2D eigenvalue weighted by molar-refractivity contribution is 7.19. The van der Waals surface area contributed by atoms with Crippen LogP contribution in [0.5, 0.6) is 0 Å². The zero-order valence-corrected chi connectivity index (χ0v) is 10.1. The van der Waals surface area contributed by atoms with E-state index in [4.69, 9.17) is 0 Å². The molecule has 0 aliphatic heterocycles. The Morgan fingerprint density at radius 1 is 1.24 bits per heavy atom. The van der Waals surface area contributed by atoms with Crippen LogP contribution in [-0.4, -0.2) is 13.6 Å². The number of rotatable bonds is 3. The van der Waals surface area contributed by atoms with Crippen LogP contribution in [0, 0.1) is 0 Å². The van der Waals surface area contributed by atoms with Crippen molar-refractivity contribution in [1.82, 2.24) is 5.32 Å². The van der Waals surface area contributed by atoms with Crippen LogP contribution in [0.2, 0.25) is 0 Å². The van der Waals surface area contributed by atoms with Gasteiger partial charge >= 0.3 is 6.18 Å². The molecule has 2 aromatic rings. The summed E-state index contributed by atoms with van der Waals surface area (Å²) in [7, 11) is 1.85. The summed E-state index contributed by atoms with van der Waals surface area (Å²) in [6, 6.07) is 6.69. The summed E-state index contributed by atoms with van der Waals surface area (Å²) in [5, 5.41) is 3.68. The van der Waals surface area contributed by atoms with Gasteiger partial charge < -0.3 is 5.32 Å². The minimum atomic E-state index is -4.24. The molecule has 0 bridgehead atoms. The highest BCUT2D eigenvalue weighted by Crippen LogP contribution is 2.38. The molecule has 0 spiro atoms. The molecule has 0 fully saturated rings. The maximum Gasteiger partial charge on any atom is 0.425 e. The predicted molar refractivity (Wildman–Crippen MR) is 64.5 cm³/mol. The van der Waals surface area contributed by atoms with Crippen LogP contribution in [0.15, 0.2) is 24.3 Å². The van der Waals surface area contributed by atoms with Crippen LogP contribution >= 0.6 is 11.3 Å². The molecule has 0 atom stereocenters. The van der Waals surface area contributed by atoms with Crippen LogP contribution in [0.25, 0.3) is 10.1 Å². The van der Waals surface area contributed by atoms with E-state index in [1.54, 1.807) is 6.07 Å². The summed E-state index contributed by atoms with van der Waals surface area (Å²) >= 11 is 0.806. The minimum Gasteiger partial charge on any atom is -0.319 e. The van der Waals surface area contributed by atoms with Gasteiger partial charge in [0.25, 0.3) is 0 Å². The lowest BCUT2D eigenvalue weighted by molar-refractivity contribution is -0.134. The zero-order valence-electron chi connectivity index (χ0n) is 9.27. The average molecular weight is 259 g/mol. The highest BCUT2D eigenvalue weighted by Gasteiger charge is 2.32. The molecule has 92 valence electrons. The van der Waals surface area contributed by atoms with Crippen molar-refractivity contribution in [2.45, 2.75) is 12.6 Å². The summed E-state index contributed by atoms with van der Waals surface area (Å²) in [6.45, 7) is 0.822. The molecule has 1 heterocycles. The first-order valence-corrected chi connectivity index (χ1v) is 6.06. The van der Waals surface area contributed by atoms with E-state index in [1.807, 2.05) is 19.2 Å². The quantitative estimate of drug-likeness (QED) is 0.886. The van der Waals surface area contributed by atoms with Crippen molar-refractivity contribution < 1.29 is 13.2 Å². The van der Waals surface area contributed by atoms with Crippen molar-refractivity contribution >= 4 is 21.4 Å². The van der Waals surface area contributed by atoms with E-state index in [-0.39, 0.29) is 0 Å². The van der Waals surface area contributed by atoms with E-state index >= 15 is 0 Å². The number of hydrogen-bond donors (Lipinski definition) is 1. The maximum atomic E-state index is 12.5. The lowest BCUT2D eigenvalue weighted by Gasteiger charge is -2.00. The minimum absolute atomic E-state index is 0.529. The number of likely N-dealkylation sites (N-methyl/N-ethyl adjacent to an activating group) is 1. The van der Waals surface area contributed by atoms with Gasteiger partial charge in [0.15, 0.2) is 0 Å². The Morgan fingerprint density at radius 3 is 2.65 bits per heavy atom. The van der Waals surface area contributed by atoms with Crippen LogP contribution in [0.3, 0.4) is 0 Å². The number of halogens is 3. The topological polar surface area (TPSA) is 12.0 Å². The normalized spacial score (nSPS) is 12.2. The first-order valence-electron chi connectivity index (χ1n) is 5.25. The molecular weight excluding hydrogens is 247 g/mol. The number of nitrogens with one attached hydrogen (secondary N) is 1. The van der Waals surface area contributed by atoms with Gasteiger partial charge in [-0.15, -0.1) is 11.3 Å². The van der Waals surface area contributed by atoms with Crippen LogP contribution in [0.4, 0.5) is 13.2 Å². The fourth-order valence-corrected chi connectivity index (χ4v) is 2.63. The third-order valence-electron chi connectivity index (χ3n) is 2.53. The van der Waals surface area contributed by atoms with Crippen molar-refractivity contribution in [3.8, 4) is 0 Å². The van der Waals surface area contributed by atoms with Gasteiger partial charge in [0.1, 0.15) is 4.88 Å². The molecule has 1 N–H and O–H groups in total. The molecule has 0 saturated heterocycles. The Hall–Kier alpha value is -1.07. The lowest BCUT2D eigenvalue weighted by atomic mass is 10.1. The monoisotopic (exact) mass is 259 g/mol. The molecule has 0 aliphatic carbocycles. The summed E-state index contributed by atoms with van der Waals surface area (Å²) in [6.07, 6.45) is -3.42. The fourth-order valence-electron chi connectivity index (χ4n) is 1.64. The largest absolute Gasteiger partial charge is 0.425 e. The van der Waals surface area contributed by atoms with E-state index < -0.39 is 11.1 Å². The Bertz CT molecular complexity index is 516. The maximum absolute atomic E-state index is 12.5. The first-order chi connectivity index (χ1) is 8.00. The SMILES string of the molecule is CNCCc1ccc2cc(C(F)(F)F)sc2c1. The van der Waals surface area contributed by atoms with Crippen molar-refractivity contribution in [2.75, 3.05) is 13.6 Å².